The van der Waals surface area contributed by atoms with Crippen molar-refractivity contribution < 1.29 is 14.3 Å². The first-order valence-electron chi connectivity index (χ1n) is 8.06. The van der Waals surface area contributed by atoms with E-state index in [2.05, 4.69) is 15.6 Å². The van der Waals surface area contributed by atoms with Crippen molar-refractivity contribution >= 4 is 34.1 Å². The van der Waals surface area contributed by atoms with Crippen LogP contribution in [0.2, 0.25) is 0 Å². The number of nitrogens with zero attached hydrogens (tertiary/aromatic N) is 1. The zero-order valence-electron chi connectivity index (χ0n) is 14.8. The summed E-state index contributed by atoms with van der Waals surface area (Å²) in [7, 11) is 1.62. The molecule has 3 aromatic rings. The fourth-order valence-corrected chi connectivity index (χ4v) is 3.31. The molecule has 0 radical (unpaired) electrons. The van der Waals surface area contributed by atoms with Gasteiger partial charge in [0, 0.05) is 21.7 Å². The molecule has 1 heterocycles. The molecule has 0 unspecified atom stereocenters. The lowest BCUT2D eigenvalue weighted by molar-refractivity contribution is 0.102. The second-order valence-electron chi connectivity index (χ2n) is 5.67. The minimum atomic E-state index is -0.656. The molecule has 0 aliphatic rings. The molecule has 2 aromatic carbocycles. The zero-order valence-corrected chi connectivity index (χ0v) is 15.6. The van der Waals surface area contributed by atoms with Crippen LogP contribution in [0, 0.1) is 6.92 Å². The molecule has 4 N–H and O–H groups in total. The molecule has 8 heteroatoms. The predicted molar refractivity (Wildman–Crippen MR) is 106 cm³/mol. The smallest absolute Gasteiger partial charge is 0.316 e. The van der Waals surface area contributed by atoms with Crippen molar-refractivity contribution in [3.63, 3.8) is 0 Å². The van der Waals surface area contributed by atoms with Crippen LogP contribution in [-0.4, -0.2) is 24.0 Å². The van der Waals surface area contributed by atoms with Gasteiger partial charge in [-0.05, 0) is 55.5 Å². The number of nitrogens with two attached hydrogens (primary N) is 1. The number of amides is 3. The quantitative estimate of drug-likeness (QED) is 0.623. The molecule has 0 atom stereocenters. The number of anilines is 2. The number of benzene rings is 2. The van der Waals surface area contributed by atoms with Gasteiger partial charge in [-0.25, -0.2) is 9.78 Å². The first-order valence-corrected chi connectivity index (χ1v) is 8.87. The number of aromatic nitrogens is 1. The Morgan fingerprint density at radius 3 is 2.30 bits per heavy atom. The van der Waals surface area contributed by atoms with Crippen molar-refractivity contribution in [2.45, 2.75) is 6.92 Å². The average Bonchev–Trinajstić information content (AvgIpc) is 3.02. The van der Waals surface area contributed by atoms with Crippen LogP contribution in [0.5, 0.6) is 5.75 Å². The molecule has 0 saturated heterocycles. The van der Waals surface area contributed by atoms with Crippen molar-refractivity contribution in [2.24, 2.45) is 5.73 Å². The van der Waals surface area contributed by atoms with Crippen molar-refractivity contribution in [1.29, 1.82) is 0 Å². The SMILES string of the molecule is COc1ccc(-c2nc(NC(=O)c3ccc(NC(N)=O)cc3)sc2C)cc1. The number of aryl methyl sites for hydroxylation is 1. The van der Waals surface area contributed by atoms with Gasteiger partial charge in [-0.15, -0.1) is 11.3 Å². The first kappa shape index (κ1) is 18.4. The summed E-state index contributed by atoms with van der Waals surface area (Å²) in [4.78, 5) is 28.8. The second-order valence-corrected chi connectivity index (χ2v) is 6.88. The maximum atomic E-state index is 12.4. The number of thiazole rings is 1. The minimum absolute atomic E-state index is 0.282. The summed E-state index contributed by atoms with van der Waals surface area (Å²) in [5, 5.41) is 5.77. The van der Waals surface area contributed by atoms with Gasteiger partial charge in [0.25, 0.3) is 5.91 Å². The molecule has 0 saturated carbocycles. The average molecular weight is 382 g/mol. The number of rotatable bonds is 5. The molecule has 27 heavy (non-hydrogen) atoms. The van der Waals surface area contributed by atoms with E-state index in [1.807, 2.05) is 31.2 Å². The summed E-state index contributed by atoms with van der Waals surface area (Å²) in [6.07, 6.45) is 0. The molecule has 0 spiro atoms. The molecule has 138 valence electrons. The number of hydrogen-bond donors (Lipinski definition) is 3. The van der Waals surface area contributed by atoms with Gasteiger partial charge < -0.3 is 15.8 Å². The zero-order chi connectivity index (χ0) is 19.4. The normalized spacial score (nSPS) is 10.3. The molecule has 0 bridgehead atoms. The highest BCUT2D eigenvalue weighted by Gasteiger charge is 2.13. The summed E-state index contributed by atoms with van der Waals surface area (Å²) in [5.74, 6) is 0.491. The Morgan fingerprint density at radius 1 is 1.04 bits per heavy atom. The molecule has 0 fully saturated rings. The van der Waals surface area contributed by atoms with Crippen molar-refractivity contribution in [1.82, 2.24) is 4.98 Å². The number of nitrogens with one attached hydrogen (secondary N) is 2. The highest BCUT2D eigenvalue weighted by Crippen LogP contribution is 2.31. The Hall–Kier alpha value is -3.39. The third-order valence-electron chi connectivity index (χ3n) is 3.80. The summed E-state index contributed by atoms with van der Waals surface area (Å²) >= 11 is 1.41. The third kappa shape index (κ3) is 4.42. The maximum Gasteiger partial charge on any atom is 0.316 e. The highest BCUT2D eigenvalue weighted by atomic mass is 32.1. The lowest BCUT2D eigenvalue weighted by atomic mass is 10.1. The van der Waals surface area contributed by atoms with Crippen LogP contribution in [0.1, 0.15) is 15.2 Å². The predicted octanol–water partition coefficient (Wildman–Crippen LogP) is 3.87. The number of ether oxygens (including phenoxy) is 1. The number of primary amides is 1. The van der Waals surface area contributed by atoms with Crippen LogP contribution in [0.3, 0.4) is 0 Å². The molecule has 3 amide bonds. The monoisotopic (exact) mass is 382 g/mol. The van der Waals surface area contributed by atoms with Crippen molar-refractivity contribution in [3.8, 4) is 17.0 Å². The Balaban J connectivity index is 1.73. The molecular weight excluding hydrogens is 364 g/mol. The molecule has 3 rings (SSSR count). The van der Waals surface area contributed by atoms with E-state index in [1.165, 1.54) is 11.3 Å². The van der Waals surface area contributed by atoms with Gasteiger partial charge in [0.05, 0.1) is 12.8 Å². The Kier molecular flexibility index (Phi) is 5.37. The summed E-state index contributed by atoms with van der Waals surface area (Å²) in [6, 6.07) is 13.4. The van der Waals surface area contributed by atoms with Crippen LogP contribution in [0.25, 0.3) is 11.3 Å². The fourth-order valence-electron chi connectivity index (χ4n) is 2.48. The van der Waals surface area contributed by atoms with E-state index in [-0.39, 0.29) is 5.91 Å². The van der Waals surface area contributed by atoms with Crippen LogP contribution in [0.15, 0.2) is 48.5 Å². The van der Waals surface area contributed by atoms with Gasteiger partial charge in [-0.2, -0.15) is 0 Å². The molecule has 0 aliphatic carbocycles. The van der Waals surface area contributed by atoms with Crippen LogP contribution < -0.4 is 21.1 Å². The fraction of sp³-hybridized carbons (Fsp3) is 0.105. The van der Waals surface area contributed by atoms with Gasteiger partial charge in [-0.3, -0.25) is 10.1 Å². The molecule has 7 nitrogen and oxygen atoms in total. The van der Waals surface area contributed by atoms with E-state index >= 15 is 0 Å². The highest BCUT2D eigenvalue weighted by molar-refractivity contribution is 7.16. The van der Waals surface area contributed by atoms with Gasteiger partial charge in [0.2, 0.25) is 0 Å². The molecule has 0 aliphatic heterocycles. The Morgan fingerprint density at radius 2 is 1.70 bits per heavy atom. The summed E-state index contributed by atoms with van der Waals surface area (Å²) in [5.41, 5.74) is 7.80. The maximum absolute atomic E-state index is 12.4. The van der Waals surface area contributed by atoms with Gasteiger partial charge in [0.15, 0.2) is 5.13 Å². The van der Waals surface area contributed by atoms with E-state index in [1.54, 1.807) is 31.4 Å². The Bertz CT molecular complexity index is 966. The van der Waals surface area contributed by atoms with E-state index in [9.17, 15) is 9.59 Å². The second kappa shape index (κ2) is 7.88. The van der Waals surface area contributed by atoms with Crippen molar-refractivity contribution in [2.75, 3.05) is 17.7 Å². The topological polar surface area (TPSA) is 106 Å². The van der Waals surface area contributed by atoms with Gasteiger partial charge in [-0.1, -0.05) is 0 Å². The van der Waals surface area contributed by atoms with Crippen LogP contribution in [0.4, 0.5) is 15.6 Å². The van der Waals surface area contributed by atoms with E-state index in [0.29, 0.717) is 16.4 Å². The van der Waals surface area contributed by atoms with Gasteiger partial charge >= 0.3 is 6.03 Å². The minimum Gasteiger partial charge on any atom is -0.497 e. The lowest BCUT2D eigenvalue weighted by Crippen LogP contribution is -2.19. The molecular formula is C19H18N4O3S. The number of carbonyl (C=O) groups excluding carboxylic acids is 2. The van der Waals surface area contributed by atoms with Crippen molar-refractivity contribution in [3.05, 3.63) is 59.0 Å². The number of urea groups is 1. The summed E-state index contributed by atoms with van der Waals surface area (Å²) < 4.78 is 5.17. The van der Waals surface area contributed by atoms with Crippen LogP contribution >= 0.6 is 11.3 Å². The van der Waals surface area contributed by atoms with Gasteiger partial charge in [0.1, 0.15) is 5.75 Å². The molecule has 1 aromatic heterocycles. The number of carbonyl (C=O) groups is 2. The lowest BCUT2D eigenvalue weighted by Gasteiger charge is -2.04. The number of methoxy groups -OCH3 is 1. The van der Waals surface area contributed by atoms with E-state index in [4.69, 9.17) is 10.5 Å². The third-order valence-corrected chi connectivity index (χ3v) is 4.68. The van der Waals surface area contributed by atoms with E-state index in [0.717, 1.165) is 21.9 Å². The Labute approximate surface area is 160 Å². The van der Waals surface area contributed by atoms with Crippen LogP contribution in [-0.2, 0) is 0 Å². The summed E-state index contributed by atoms with van der Waals surface area (Å²) in [6.45, 7) is 1.96. The standard InChI is InChI=1S/C19H18N4O3S/c1-11-16(12-5-9-15(26-2)10-6-12)22-19(27-11)23-17(24)13-3-7-14(8-4-13)21-18(20)25/h3-10H,1-2H3,(H3,20,21,25)(H,22,23,24). The van der Waals surface area contributed by atoms with E-state index < -0.39 is 6.03 Å². The largest absolute Gasteiger partial charge is 0.497 e. The first-order chi connectivity index (χ1) is 13.0. The number of hydrogen-bond acceptors (Lipinski definition) is 5.